The van der Waals surface area contributed by atoms with Gasteiger partial charge in [0.1, 0.15) is 0 Å². The van der Waals surface area contributed by atoms with E-state index in [2.05, 4.69) is 41.4 Å². The standard InChI is InChI=1S/C14H18N2OS2/c1-9(11-7-4-8-18-11)16(2)14-15-13-10(17)5-3-6-12(13)19-14/h4,7-10,17H,3,5-6H2,1-2H3. The van der Waals surface area contributed by atoms with Crippen LogP contribution in [0.5, 0.6) is 0 Å². The molecule has 3 nitrogen and oxygen atoms in total. The number of aryl methyl sites for hydroxylation is 1. The van der Waals surface area contributed by atoms with Gasteiger partial charge >= 0.3 is 0 Å². The average Bonchev–Trinajstić information content (AvgIpc) is 3.06. The van der Waals surface area contributed by atoms with Crippen LogP contribution in [0.1, 0.15) is 47.4 Å². The fourth-order valence-electron chi connectivity index (χ4n) is 2.42. The summed E-state index contributed by atoms with van der Waals surface area (Å²) in [5.41, 5.74) is 0.913. The second-order valence-electron chi connectivity index (χ2n) is 5.02. The maximum Gasteiger partial charge on any atom is 0.186 e. The molecule has 19 heavy (non-hydrogen) atoms. The zero-order chi connectivity index (χ0) is 13.4. The van der Waals surface area contributed by atoms with E-state index in [9.17, 15) is 5.11 Å². The van der Waals surface area contributed by atoms with E-state index in [1.54, 1.807) is 22.7 Å². The van der Waals surface area contributed by atoms with Crippen molar-refractivity contribution in [1.82, 2.24) is 4.98 Å². The number of rotatable bonds is 3. The SMILES string of the molecule is CC(c1cccs1)N(C)c1nc2c(s1)CCCC2O. The number of hydrogen-bond donors (Lipinski definition) is 1. The van der Waals surface area contributed by atoms with Gasteiger partial charge in [-0.05, 0) is 37.6 Å². The van der Waals surface area contributed by atoms with Crippen molar-refractivity contribution in [3.63, 3.8) is 0 Å². The van der Waals surface area contributed by atoms with Crippen LogP contribution in [0.25, 0.3) is 0 Å². The predicted octanol–water partition coefficient (Wildman–Crippen LogP) is 3.77. The summed E-state index contributed by atoms with van der Waals surface area (Å²) >= 11 is 3.51. The third kappa shape index (κ3) is 2.42. The van der Waals surface area contributed by atoms with Gasteiger partial charge in [-0.25, -0.2) is 4.98 Å². The second-order valence-corrected chi connectivity index (χ2v) is 7.06. The zero-order valence-corrected chi connectivity index (χ0v) is 12.8. The lowest BCUT2D eigenvalue weighted by molar-refractivity contribution is 0.153. The molecule has 0 bridgehead atoms. The molecule has 0 fully saturated rings. The molecular formula is C14H18N2OS2. The van der Waals surface area contributed by atoms with Crippen molar-refractivity contribution < 1.29 is 5.11 Å². The highest BCUT2D eigenvalue weighted by Gasteiger charge is 2.25. The summed E-state index contributed by atoms with van der Waals surface area (Å²) in [6, 6.07) is 4.57. The molecule has 0 aromatic carbocycles. The smallest absolute Gasteiger partial charge is 0.186 e. The number of thiophene rings is 1. The van der Waals surface area contributed by atoms with Gasteiger partial charge in [0.05, 0.1) is 17.8 Å². The molecule has 1 aliphatic rings. The molecule has 5 heteroatoms. The van der Waals surface area contributed by atoms with Gasteiger partial charge in [0, 0.05) is 16.8 Å². The van der Waals surface area contributed by atoms with Crippen LogP contribution in [0.4, 0.5) is 5.13 Å². The third-order valence-electron chi connectivity index (χ3n) is 3.75. The van der Waals surface area contributed by atoms with Crippen molar-refractivity contribution >= 4 is 27.8 Å². The lowest BCUT2D eigenvalue weighted by Crippen LogP contribution is -2.20. The fourth-order valence-corrected chi connectivity index (χ4v) is 4.44. The Bertz CT molecular complexity index is 550. The fraction of sp³-hybridized carbons (Fsp3) is 0.500. The second kappa shape index (κ2) is 5.23. The van der Waals surface area contributed by atoms with Crippen molar-refractivity contribution in [2.45, 2.75) is 38.3 Å². The van der Waals surface area contributed by atoms with E-state index in [1.807, 2.05) is 0 Å². The van der Waals surface area contributed by atoms with Crippen molar-refractivity contribution in [1.29, 1.82) is 0 Å². The summed E-state index contributed by atoms with van der Waals surface area (Å²) in [5.74, 6) is 0. The molecule has 0 amide bonds. The molecule has 2 aromatic heterocycles. The van der Waals surface area contributed by atoms with E-state index in [1.165, 1.54) is 9.75 Å². The van der Waals surface area contributed by atoms with E-state index in [0.29, 0.717) is 6.04 Å². The average molecular weight is 294 g/mol. The first-order valence-electron chi connectivity index (χ1n) is 6.60. The van der Waals surface area contributed by atoms with E-state index >= 15 is 0 Å². The molecule has 2 aromatic rings. The Labute approximate surface area is 121 Å². The minimum atomic E-state index is -0.362. The molecule has 102 valence electrons. The lowest BCUT2D eigenvalue weighted by atomic mass is 10.0. The predicted molar refractivity (Wildman–Crippen MR) is 81.1 cm³/mol. The van der Waals surface area contributed by atoms with Crippen molar-refractivity contribution in [3.05, 3.63) is 33.0 Å². The van der Waals surface area contributed by atoms with Gasteiger partial charge in [0.25, 0.3) is 0 Å². The molecule has 0 saturated carbocycles. The number of nitrogens with zero attached hydrogens (tertiary/aromatic N) is 2. The lowest BCUT2D eigenvalue weighted by Gasteiger charge is -2.23. The van der Waals surface area contributed by atoms with Crippen molar-refractivity contribution in [2.75, 3.05) is 11.9 Å². The first-order valence-corrected chi connectivity index (χ1v) is 8.30. The minimum Gasteiger partial charge on any atom is -0.387 e. The van der Waals surface area contributed by atoms with Gasteiger partial charge in [-0.2, -0.15) is 0 Å². The maximum absolute atomic E-state index is 10.0. The topological polar surface area (TPSA) is 36.4 Å². The number of aromatic nitrogens is 1. The van der Waals surface area contributed by atoms with Crippen LogP contribution in [0, 0.1) is 0 Å². The molecular weight excluding hydrogens is 276 g/mol. The summed E-state index contributed by atoms with van der Waals surface area (Å²) < 4.78 is 0. The van der Waals surface area contributed by atoms with Crippen LogP contribution in [0.2, 0.25) is 0 Å². The number of fused-ring (bicyclic) bond motifs is 1. The Morgan fingerprint density at radius 1 is 1.53 bits per heavy atom. The molecule has 1 aliphatic carbocycles. The van der Waals surface area contributed by atoms with Crippen molar-refractivity contribution in [2.24, 2.45) is 0 Å². The first-order chi connectivity index (χ1) is 9.16. The molecule has 0 radical (unpaired) electrons. The quantitative estimate of drug-likeness (QED) is 0.936. The molecule has 2 unspecified atom stereocenters. The van der Waals surface area contributed by atoms with Crippen LogP contribution in [-0.4, -0.2) is 17.1 Å². The number of hydrogen-bond acceptors (Lipinski definition) is 5. The van der Waals surface area contributed by atoms with Gasteiger partial charge in [-0.1, -0.05) is 6.07 Å². The number of aliphatic hydroxyl groups is 1. The number of thiazole rings is 1. The largest absolute Gasteiger partial charge is 0.387 e. The summed E-state index contributed by atoms with van der Waals surface area (Å²) in [5, 5.41) is 13.1. The van der Waals surface area contributed by atoms with Gasteiger partial charge in [0.15, 0.2) is 5.13 Å². The maximum atomic E-state index is 10.0. The van der Waals surface area contributed by atoms with E-state index in [4.69, 9.17) is 0 Å². The normalized spacial score (nSPS) is 20.1. The Kier molecular flexibility index (Phi) is 3.60. The summed E-state index contributed by atoms with van der Waals surface area (Å²) in [7, 11) is 2.08. The Morgan fingerprint density at radius 2 is 2.37 bits per heavy atom. The molecule has 1 N–H and O–H groups in total. The highest BCUT2D eigenvalue weighted by molar-refractivity contribution is 7.15. The van der Waals surface area contributed by atoms with E-state index < -0.39 is 0 Å². The Morgan fingerprint density at radius 3 is 3.05 bits per heavy atom. The highest BCUT2D eigenvalue weighted by Crippen LogP contribution is 2.38. The molecule has 3 rings (SSSR count). The molecule has 2 atom stereocenters. The first kappa shape index (κ1) is 13.1. The van der Waals surface area contributed by atoms with Gasteiger partial charge < -0.3 is 10.0 Å². The molecule has 0 aliphatic heterocycles. The van der Waals surface area contributed by atoms with Gasteiger partial charge in [0.2, 0.25) is 0 Å². The van der Waals surface area contributed by atoms with Crippen LogP contribution >= 0.6 is 22.7 Å². The summed E-state index contributed by atoms with van der Waals surface area (Å²) in [6.07, 6.45) is 2.62. The summed E-state index contributed by atoms with van der Waals surface area (Å²) in [4.78, 5) is 9.48. The van der Waals surface area contributed by atoms with E-state index in [-0.39, 0.29) is 6.10 Å². The molecule has 2 heterocycles. The number of aliphatic hydroxyl groups excluding tert-OH is 1. The van der Waals surface area contributed by atoms with Crippen LogP contribution in [0.15, 0.2) is 17.5 Å². The van der Waals surface area contributed by atoms with E-state index in [0.717, 1.165) is 30.1 Å². The minimum absolute atomic E-state index is 0.324. The van der Waals surface area contributed by atoms with Crippen LogP contribution in [0.3, 0.4) is 0 Å². The Hall–Kier alpha value is -0.910. The third-order valence-corrected chi connectivity index (χ3v) is 6.02. The zero-order valence-electron chi connectivity index (χ0n) is 11.2. The van der Waals surface area contributed by atoms with Crippen LogP contribution in [-0.2, 0) is 6.42 Å². The van der Waals surface area contributed by atoms with Gasteiger partial charge in [-0.3, -0.25) is 0 Å². The molecule has 0 spiro atoms. The summed E-state index contributed by atoms with van der Waals surface area (Å²) in [6.45, 7) is 2.20. The van der Waals surface area contributed by atoms with Gasteiger partial charge in [-0.15, -0.1) is 22.7 Å². The highest BCUT2D eigenvalue weighted by atomic mass is 32.1. The van der Waals surface area contributed by atoms with Crippen molar-refractivity contribution in [3.8, 4) is 0 Å². The monoisotopic (exact) mass is 294 g/mol. The number of anilines is 1. The van der Waals surface area contributed by atoms with Crippen LogP contribution < -0.4 is 4.90 Å². The molecule has 0 saturated heterocycles. The Balaban J connectivity index is 1.86.